The van der Waals surface area contributed by atoms with Crippen molar-refractivity contribution >= 4 is 22.7 Å². The van der Waals surface area contributed by atoms with Gasteiger partial charge in [0.05, 0.1) is 17.0 Å². The average Bonchev–Trinajstić information content (AvgIpc) is 3.51. The molecule has 6 nitrogen and oxygen atoms in total. The van der Waals surface area contributed by atoms with Crippen LogP contribution in [0.4, 0.5) is 5.82 Å². The summed E-state index contributed by atoms with van der Waals surface area (Å²) in [4.78, 5) is 24.7. The molecule has 3 aromatic rings. The van der Waals surface area contributed by atoms with E-state index < -0.39 is 0 Å². The van der Waals surface area contributed by atoms with E-state index in [2.05, 4.69) is 51.4 Å². The van der Waals surface area contributed by atoms with Gasteiger partial charge in [-0.25, -0.2) is 9.97 Å². The highest BCUT2D eigenvalue weighted by Crippen LogP contribution is 2.52. The molecule has 4 atom stereocenters. The molecule has 4 heterocycles. The maximum Gasteiger partial charge on any atom is 0.232 e. The molecule has 2 saturated heterocycles. The van der Waals surface area contributed by atoms with Crippen molar-refractivity contribution in [1.29, 1.82) is 0 Å². The van der Waals surface area contributed by atoms with Crippen LogP contribution in [0.3, 0.4) is 0 Å². The molecule has 2 aliphatic heterocycles. The summed E-state index contributed by atoms with van der Waals surface area (Å²) in [6.07, 6.45) is 4.63. The fraction of sp³-hybridized carbons (Fsp3) is 0.435. The summed E-state index contributed by atoms with van der Waals surface area (Å²) in [5, 5.41) is 4.26. The first-order valence-corrected chi connectivity index (χ1v) is 10.4. The lowest BCUT2D eigenvalue weighted by Crippen LogP contribution is -2.21. The summed E-state index contributed by atoms with van der Waals surface area (Å²) in [7, 11) is 0. The number of hydrogen-bond acceptors (Lipinski definition) is 6. The molecule has 0 radical (unpaired) electrons. The zero-order valence-electron chi connectivity index (χ0n) is 16.7. The third-order valence-corrected chi connectivity index (χ3v) is 6.86. The minimum absolute atomic E-state index is 0.00373. The molecule has 148 valence electrons. The van der Waals surface area contributed by atoms with Crippen LogP contribution in [-0.4, -0.2) is 38.8 Å². The van der Waals surface area contributed by atoms with Crippen molar-refractivity contribution in [3.8, 4) is 0 Å². The minimum atomic E-state index is 0.00373. The molecule has 6 heteroatoms. The fourth-order valence-corrected chi connectivity index (χ4v) is 4.96. The number of hydrogen-bond donors (Lipinski definition) is 1. The van der Waals surface area contributed by atoms with Crippen molar-refractivity contribution in [2.24, 2.45) is 5.92 Å². The van der Waals surface area contributed by atoms with E-state index in [1.54, 1.807) is 0 Å². The Labute approximate surface area is 169 Å². The van der Waals surface area contributed by atoms with Gasteiger partial charge in [-0.15, -0.1) is 0 Å². The van der Waals surface area contributed by atoms with Crippen LogP contribution in [0, 0.1) is 12.8 Å². The number of aryl methyl sites for hydroxylation is 1. The number of benzene rings is 1. The summed E-state index contributed by atoms with van der Waals surface area (Å²) < 4.78 is 5.86. The molecule has 0 amide bonds. The first-order chi connectivity index (χ1) is 14.0. The Bertz CT molecular complexity index is 1110. The van der Waals surface area contributed by atoms with Crippen LogP contribution >= 0.6 is 0 Å². The third-order valence-electron chi connectivity index (χ3n) is 6.86. The van der Waals surface area contributed by atoms with Gasteiger partial charge >= 0.3 is 0 Å². The quantitative estimate of drug-likeness (QED) is 0.524. The van der Waals surface area contributed by atoms with E-state index in [1.165, 1.54) is 11.9 Å². The number of nitrogens with zero attached hydrogens (tertiary/aromatic N) is 3. The van der Waals surface area contributed by atoms with Crippen LogP contribution < -0.4 is 5.32 Å². The third kappa shape index (κ3) is 2.69. The van der Waals surface area contributed by atoms with E-state index in [9.17, 15) is 4.79 Å². The molecule has 0 spiro atoms. The number of nitrogens with one attached hydrogen (secondary N) is 1. The van der Waals surface area contributed by atoms with Crippen LogP contribution in [0.5, 0.6) is 0 Å². The van der Waals surface area contributed by atoms with Crippen LogP contribution in [0.1, 0.15) is 53.9 Å². The first-order valence-electron chi connectivity index (χ1n) is 10.4. The topological polar surface area (TPSA) is 71.0 Å². The molecule has 1 unspecified atom stereocenters. The number of furan rings is 1. The minimum Gasteiger partial charge on any atom is -0.442 e. The van der Waals surface area contributed by atoms with E-state index in [0.717, 1.165) is 37.0 Å². The van der Waals surface area contributed by atoms with Gasteiger partial charge in [0.15, 0.2) is 5.78 Å². The van der Waals surface area contributed by atoms with Crippen molar-refractivity contribution in [3.05, 3.63) is 53.5 Å². The lowest BCUT2D eigenvalue weighted by molar-refractivity contribution is 0.0918. The van der Waals surface area contributed by atoms with Crippen molar-refractivity contribution < 1.29 is 9.21 Å². The SMILES string of the molecule is Cc1oc2ncnc(NC3(C)CC3)c2c1C(=O)C1C[C@H]2[C@H](c3ccccc3)[N@@]2C1. The van der Waals surface area contributed by atoms with Crippen molar-refractivity contribution in [2.75, 3.05) is 11.9 Å². The normalized spacial score (nSPS) is 28.9. The van der Waals surface area contributed by atoms with Crippen molar-refractivity contribution in [2.45, 2.75) is 50.7 Å². The molecule has 2 aromatic heterocycles. The first kappa shape index (κ1) is 17.2. The number of carbonyl (C=O) groups excluding carboxylic acids is 1. The molecular formula is C23H24N4O2. The van der Waals surface area contributed by atoms with E-state index in [1.807, 2.05) is 13.0 Å². The molecule has 3 aliphatic rings. The molecular weight excluding hydrogens is 364 g/mol. The van der Waals surface area contributed by atoms with Gasteiger partial charge in [-0.1, -0.05) is 30.3 Å². The lowest BCUT2D eigenvalue weighted by Gasteiger charge is -2.15. The van der Waals surface area contributed by atoms with Crippen LogP contribution in [0.2, 0.25) is 0 Å². The highest BCUT2D eigenvalue weighted by Gasteiger charge is 2.56. The predicted octanol–water partition coefficient (Wildman–Crippen LogP) is 4.12. The van der Waals surface area contributed by atoms with Gasteiger partial charge in [0, 0.05) is 24.0 Å². The number of fused-ring (bicyclic) bond motifs is 2. The number of ketones is 1. The monoisotopic (exact) mass is 388 g/mol. The second-order valence-electron chi connectivity index (χ2n) is 9.04. The molecule has 29 heavy (non-hydrogen) atoms. The molecule has 6 rings (SSSR count). The zero-order valence-corrected chi connectivity index (χ0v) is 16.7. The second-order valence-corrected chi connectivity index (χ2v) is 9.04. The summed E-state index contributed by atoms with van der Waals surface area (Å²) >= 11 is 0. The molecule has 1 N–H and O–H groups in total. The number of aromatic nitrogens is 2. The maximum absolute atomic E-state index is 13.5. The van der Waals surface area contributed by atoms with Gasteiger partial charge in [-0.05, 0) is 38.7 Å². The van der Waals surface area contributed by atoms with E-state index in [4.69, 9.17) is 4.42 Å². The Morgan fingerprint density at radius 3 is 2.72 bits per heavy atom. The summed E-state index contributed by atoms with van der Waals surface area (Å²) in [5.74, 6) is 1.54. The Hall–Kier alpha value is -2.73. The maximum atomic E-state index is 13.5. The predicted molar refractivity (Wildman–Crippen MR) is 110 cm³/mol. The molecule has 1 saturated carbocycles. The van der Waals surface area contributed by atoms with Crippen LogP contribution in [-0.2, 0) is 0 Å². The van der Waals surface area contributed by atoms with Crippen molar-refractivity contribution in [3.63, 3.8) is 0 Å². The number of Topliss-reactive ketones (excluding diaryl/α,β-unsaturated/α-hetero) is 1. The van der Waals surface area contributed by atoms with E-state index >= 15 is 0 Å². The zero-order chi connectivity index (χ0) is 19.8. The Balaban J connectivity index is 1.28. The number of piperidine rings is 1. The summed E-state index contributed by atoms with van der Waals surface area (Å²) in [5.41, 5.74) is 2.58. The van der Waals surface area contributed by atoms with Gasteiger partial charge in [-0.3, -0.25) is 9.69 Å². The largest absolute Gasteiger partial charge is 0.442 e. The highest BCUT2D eigenvalue weighted by atomic mass is 16.3. The van der Waals surface area contributed by atoms with Crippen molar-refractivity contribution in [1.82, 2.24) is 14.9 Å². The molecule has 3 fully saturated rings. The fourth-order valence-electron chi connectivity index (χ4n) is 4.96. The van der Waals surface area contributed by atoms with Crippen LogP contribution in [0.25, 0.3) is 11.1 Å². The molecule has 0 bridgehead atoms. The molecule has 1 aromatic carbocycles. The Kier molecular flexibility index (Phi) is 3.48. The Morgan fingerprint density at radius 2 is 2.03 bits per heavy atom. The summed E-state index contributed by atoms with van der Waals surface area (Å²) in [6.45, 7) is 4.85. The lowest BCUT2D eigenvalue weighted by atomic mass is 9.91. The van der Waals surface area contributed by atoms with Gasteiger partial charge in [-0.2, -0.15) is 0 Å². The number of carbonyl (C=O) groups is 1. The Morgan fingerprint density at radius 1 is 1.24 bits per heavy atom. The molecule has 1 aliphatic carbocycles. The average molecular weight is 388 g/mol. The van der Waals surface area contributed by atoms with Gasteiger partial charge in [0.2, 0.25) is 5.71 Å². The summed E-state index contributed by atoms with van der Waals surface area (Å²) in [6, 6.07) is 11.5. The number of anilines is 1. The van der Waals surface area contributed by atoms with E-state index in [0.29, 0.717) is 29.1 Å². The van der Waals surface area contributed by atoms with Gasteiger partial charge in [0.1, 0.15) is 17.9 Å². The van der Waals surface area contributed by atoms with Crippen LogP contribution in [0.15, 0.2) is 41.1 Å². The standard InChI is InChI=1S/C23H24N4O2/c1-13-17(18-21(26-23(2)8-9-23)24-12-25-22(18)29-13)20(28)15-10-16-19(27(16)11-15)14-6-4-3-5-7-14/h3-7,12,15-16,19H,8-11H2,1-2H3,(H,24,25,26)/t15?,16-,19-,27-/m0/s1. The van der Waals surface area contributed by atoms with Gasteiger partial charge in [0.25, 0.3) is 0 Å². The number of rotatable bonds is 5. The highest BCUT2D eigenvalue weighted by molar-refractivity contribution is 6.12. The van der Waals surface area contributed by atoms with E-state index in [-0.39, 0.29) is 17.2 Å². The second kappa shape index (κ2) is 5.89. The van der Waals surface area contributed by atoms with Gasteiger partial charge < -0.3 is 9.73 Å². The smallest absolute Gasteiger partial charge is 0.232 e.